The van der Waals surface area contributed by atoms with Crippen molar-refractivity contribution >= 4 is 23.5 Å². The molecular weight excluding hydrogens is 368 g/mol. The summed E-state index contributed by atoms with van der Waals surface area (Å²) in [7, 11) is 0. The van der Waals surface area contributed by atoms with Crippen molar-refractivity contribution in [1.29, 1.82) is 0 Å². The highest BCUT2D eigenvalue weighted by molar-refractivity contribution is 6.11. The minimum atomic E-state index is -1.31. The molecule has 0 fully saturated rings. The summed E-state index contributed by atoms with van der Waals surface area (Å²) >= 11 is 0. The van der Waals surface area contributed by atoms with E-state index in [4.69, 9.17) is 4.74 Å². The Morgan fingerprint density at radius 2 is 1.59 bits per heavy atom. The van der Waals surface area contributed by atoms with E-state index >= 15 is 0 Å². The van der Waals surface area contributed by atoms with Gasteiger partial charge in [-0.2, -0.15) is 0 Å². The lowest BCUT2D eigenvalue weighted by Gasteiger charge is -2.30. The molecule has 2 aromatic rings. The summed E-state index contributed by atoms with van der Waals surface area (Å²) in [5, 5.41) is 2.73. The third-order valence-corrected chi connectivity index (χ3v) is 4.66. The topological polar surface area (TPSA) is 75.7 Å². The zero-order valence-corrected chi connectivity index (χ0v) is 17.4. The Morgan fingerprint density at radius 3 is 2.21 bits per heavy atom. The van der Waals surface area contributed by atoms with Crippen molar-refractivity contribution < 1.29 is 19.1 Å². The molecule has 0 bridgehead atoms. The molecule has 2 rings (SSSR count). The van der Waals surface area contributed by atoms with Crippen molar-refractivity contribution in [3.05, 3.63) is 65.7 Å². The molecule has 0 spiro atoms. The van der Waals surface area contributed by atoms with Crippen LogP contribution in [0.1, 0.15) is 43.6 Å². The molecule has 6 nitrogen and oxygen atoms in total. The van der Waals surface area contributed by atoms with Crippen LogP contribution in [-0.2, 0) is 20.9 Å². The first-order valence-electron chi connectivity index (χ1n) is 9.72. The molecule has 0 aliphatic rings. The van der Waals surface area contributed by atoms with E-state index in [1.807, 2.05) is 37.3 Å². The van der Waals surface area contributed by atoms with Crippen molar-refractivity contribution in [2.45, 2.75) is 34.2 Å². The number of hydrogen-bond donors (Lipinski definition) is 1. The summed E-state index contributed by atoms with van der Waals surface area (Å²) in [5.74, 6) is -1.28. The van der Waals surface area contributed by atoms with E-state index in [9.17, 15) is 14.4 Å². The summed E-state index contributed by atoms with van der Waals surface area (Å²) in [5.41, 5.74) is 0.254. The lowest BCUT2D eigenvalue weighted by atomic mass is 9.89. The molecule has 6 heteroatoms. The van der Waals surface area contributed by atoms with E-state index in [1.165, 1.54) is 0 Å². The molecule has 154 valence electrons. The predicted octanol–water partition coefficient (Wildman–Crippen LogP) is 3.88. The standard InChI is InChI=1S/C23H28N2O4/c1-5-25(16-17-12-8-7-9-13-17)22(28)23(3,4)21(27)24-19-15-11-10-14-18(19)20(26)29-6-2/h7-15H,5-6,16H2,1-4H3,(H,24,27). The van der Waals surface area contributed by atoms with Gasteiger partial charge in [-0.3, -0.25) is 9.59 Å². The number of anilines is 1. The molecule has 1 N–H and O–H groups in total. The second kappa shape index (κ2) is 9.87. The van der Waals surface area contributed by atoms with Crippen LogP contribution in [-0.4, -0.2) is 35.8 Å². The highest BCUT2D eigenvalue weighted by atomic mass is 16.5. The summed E-state index contributed by atoms with van der Waals surface area (Å²) in [4.78, 5) is 39.9. The van der Waals surface area contributed by atoms with Crippen molar-refractivity contribution in [1.82, 2.24) is 4.90 Å². The normalized spacial score (nSPS) is 10.9. The van der Waals surface area contributed by atoms with Gasteiger partial charge in [0.15, 0.2) is 0 Å². The van der Waals surface area contributed by atoms with Crippen LogP contribution in [0.5, 0.6) is 0 Å². The molecule has 0 radical (unpaired) electrons. The highest BCUT2D eigenvalue weighted by Crippen LogP contribution is 2.25. The maximum Gasteiger partial charge on any atom is 0.340 e. The first-order valence-corrected chi connectivity index (χ1v) is 9.72. The number of para-hydroxylation sites is 1. The van der Waals surface area contributed by atoms with Crippen LogP contribution in [0.4, 0.5) is 5.69 Å². The number of nitrogens with one attached hydrogen (secondary N) is 1. The van der Waals surface area contributed by atoms with Gasteiger partial charge >= 0.3 is 5.97 Å². The third-order valence-electron chi connectivity index (χ3n) is 4.66. The molecule has 0 unspecified atom stereocenters. The molecular formula is C23H28N2O4. The smallest absolute Gasteiger partial charge is 0.340 e. The van der Waals surface area contributed by atoms with E-state index in [1.54, 1.807) is 49.9 Å². The van der Waals surface area contributed by atoms with Gasteiger partial charge in [0.25, 0.3) is 0 Å². The molecule has 0 aliphatic heterocycles. The minimum absolute atomic E-state index is 0.232. The fraction of sp³-hybridized carbons (Fsp3) is 0.348. The number of carbonyl (C=O) groups excluding carboxylic acids is 3. The van der Waals surface area contributed by atoms with Crippen molar-refractivity contribution in [3.63, 3.8) is 0 Å². The van der Waals surface area contributed by atoms with Gasteiger partial charge in [0.2, 0.25) is 11.8 Å². The van der Waals surface area contributed by atoms with Crippen LogP contribution in [0.3, 0.4) is 0 Å². The second-order valence-electron chi connectivity index (χ2n) is 7.15. The fourth-order valence-corrected chi connectivity index (χ4v) is 2.88. The van der Waals surface area contributed by atoms with Gasteiger partial charge in [0, 0.05) is 13.1 Å². The number of amides is 2. The Bertz CT molecular complexity index is 862. The number of rotatable bonds is 8. The van der Waals surface area contributed by atoms with Gasteiger partial charge in [-0.05, 0) is 45.4 Å². The van der Waals surface area contributed by atoms with Crippen LogP contribution in [0.2, 0.25) is 0 Å². The van der Waals surface area contributed by atoms with E-state index in [2.05, 4.69) is 5.32 Å². The average Bonchev–Trinajstić information content (AvgIpc) is 2.72. The van der Waals surface area contributed by atoms with Gasteiger partial charge < -0.3 is 15.0 Å². The monoisotopic (exact) mass is 396 g/mol. The molecule has 0 aliphatic carbocycles. The van der Waals surface area contributed by atoms with Crippen molar-refractivity contribution in [2.24, 2.45) is 5.41 Å². The predicted molar refractivity (Wildman–Crippen MR) is 112 cm³/mol. The van der Waals surface area contributed by atoms with Crippen molar-refractivity contribution in [2.75, 3.05) is 18.5 Å². The summed E-state index contributed by atoms with van der Waals surface area (Å²) < 4.78 is 5.04. The molecule has 0 heterocycles. The van der Waals surface area contributed by atoms with Crippen LogP contribution < -0.4 is 5.32 Å². The maximum absolute atomic E-state index is 13.1. The second-order valence-corrected chi connectivity index (χ2v) is 7.15. The third kappa shape index (κ3) is 5.44. The lowest BCUT2D eigenvalue weighted by Crippen LogP contribution is -2.47. The Labute approximate surface area is 171 Å². The molecule has 29 heavy (non-hydrogen) atoms. The van der Waals surface area contributed by atoms with Crippen LogP contribution >= 0.6 is 0 Å². The molecule has 0 atom stereocenters. The Morgan fingerprint density at radius 1 is 0.966 bits per heavy atom. The molecule has 0 saturated heterocycles. The number of nitrogens with zero attached hydrogens (tertiary/aromatic N) is 1. The number of hydrogen-bond acceptors (Lipinski definition) is 4. The van der Waals surface area contributed by atoms with Gasteiger partial charge in [-0.1, -0.05) is 42.5 Å². The van der Waals surface area contributed by atoms with Crippen LogP contribution in [0.15, 0.2) is 54.6 Å². The summed E-state index contributed by atoms with van der Waals surface area (Å²) in [6.07, 6.45) is 0. The number of ether oxygens (including phenoxy) is 1. The number of esters is 1. The van der Waals surface area contributed by atoms with E-state index in [-0.39, 0.29) is 18.1 Å². The SMILES string of the molecule is CCOC(=O)c1ccccc1NC(=O)C(C)(C)C(=O)N(CC)Cc1ccccc1. The zero-order chi connectivity index (χ0) is 21.4. The fourth-order valence-electron chi connectivity index (χ4n) is 2.88. The minimum Gasteiger partial charge on any atom is -0.462 e. The van der Waals surface area contributed by atoms with Gasteiger partial charge in [0.05, 0.1) is 17.9 Å². The van der Waals surface area contributed by atoms with Crippen LogP contribution in [0.25, 0.3) is 0 Å². The molecule has 2 aromatic carbocycles. The van der Waals surface area contributed by atoms with Gasteiger partial charge in [-0.25, -0.2) is 4.79 Å². The molecule has 2 amide bonds. The van der Waals surface area contributed by atoms with Crippen molar-refractivity contribution in [3.8, 4) is 0 Å². The Hall–Kier alpha value is -3.15. The number of benzene rings is 2. The zero-order valence-electron chi connectivity index (χ0n) is 17.4. The summed E-state index contributed by atoms with van der Waals surface area (Å²) in [6, 6.07) is 16.2. The van der Waals surface area contributed by atoms with Gasteiger partial charge in [0.1, 0.15) is 5.41 Å². The molecule has 0 aromatic heterocycles. The lowest BCUT2D eigenvalue weighted by molar-refractivity contribution is -0.146. The van der Waals surface area contributed by atoms with E-state index in [0.717, 1.165) is 5.56 Å². The first-order chi connectivity index (χ1) is 13.8. The highest BCUT2D eigenvalue weighted by Gasteiger charge is 2.39. The Balaban J connectivity index is 2.18. The quantitative estimate of drug-likeness (QED) is 0.543. The first kappa shape index (κ1) is 22.1. The largest absolute Gasteiger partial charge is 0.462 e. The average molecular weight is 396 g/mol. The number of carbonyl (C=O) groups is 3. The van der Waals surface area contributed by atoms with Crippen LogP contribution in [0, 0.1) is 5.41 Å². The Kier molecular flexibility index (Phi) is 7.53. The van der Waals surface area contributed by atoms with E-state index < -0.39 is 17.3 Å². The molecule has 0 saturated carbocycles. The summed E-state index contributed by atoms with van der Waals surface area (Å²) in [6.45, 7) is 7.90. The maximum atomic E-state index is 13.1. The van der Waals surface area contributed by atoms with E-state index in [0.29, 0.717) is 18.8 Å². The van der Waals surface area contributed by atoms with Gasteiger partial charge in [-0.15, -0.1) is 0 Å².